The monoisotopic (exact) mass is 274 g/mol. The Morgan fingerprint density at radius 3 is 2.84 bits per heavy atom. The van der Waals surface area contributed by atoms with Crippen LogP contribution in [-0.4, -0.2) is 18.7 Å². The topological polar surface area (TPSA) is 55.1 Å². The van der Waals surface area contributed by atoms with Crippen LogP contribution in [0.3, 0.4) is 0 Å². The van der Waals surface area contributed by atoms with E-state index in [-0.39, 0.29) is 0 Å². The minimum absolute atomic E-state index is 0.597. The number of rotatable bonds is 5. The molecule has 5 heteroatoms. The van der Waals surface area contributed by atoms with Crippen molar-refractivity contribution in [1.29, 1.82) is 5.26 Å². The highest BCUT2D eigenvalue weighted by molar-refractivity contribution is 7.15. The maximum absolute atomic E-state index is 8.82. The first-order valence-electron chi connectivity index (χ1n) is 5.95. The van der Waals surface area contributed by atoms with E-state index >= 15 is 0 Å². The van der Waals surface area contributed by atoms with Crippen LogP contribution in [0.4, 0.5) is 0 Å². The lowest BCUT2D eigenvalue weighted by atomic mass is 10.2. The highest BCUT2D eigenvalue weighted by atomic mass is 32.1. The van der Waals surface area contributed by atoms with E-state index in [0.717, 1.165) is 22.7 Å². The maximum atomic E-state index is 8.82. The van der Waals surface area contributed by atoms with Crippen molar-refractivity contribution in [3.05, 3.63) is 29.3 Å². The molecule has 1 aromatic heterocycles. The van der Waals surface area contributed by atoms with Crippen LogP contribution in [0.1, 0.15) is 18.2 Å². The van der Waals surface area contributed by atoms with E-state index in [1.807, 2.05) is 18.2 Å². The molecular weight excluding hydrogens is 260 g/mol. The fourth-order valence-corrected chi connectivity index (χ4v) is 2.30. The Balaban J connectivity index is 2.30. The average molecular weight is 274 g/mol. The van der Waals surface area contributed by atoms with Crippen molar-refractivity contribution in [2.45, 2.75) is 13.3 Å². The maximum Gasteiger partial charge on any atom is 0.161 e. The molecule has 4 nitrogen and oxygen atoms in total. The Bertz CT molecular complexity index is 602. The van der Waals surface area contributed by atoms with Crippen molar-refractivity contribution in [1.82, 2.24) is 4.98 Å². The molecule has 0 fully saturated rings. The molecule has 19 heavy (non-hydrogen) atoms. The van der Waals surface area contributed by atoms with Crippen LogP contribution in [0, 0.1) is 11.3 Å². The first-order chi connectivity index (χ1) is 9.28. The number of nitriles is 1. The lowest BCUT2D eigenvalue weighted by Crippen LogP contribution is -1.97. The third-order valence-corrected chi connectivity index (χ3v) is 3.44. The molecule has 1 heterocycles. The number of hydrogen-bond donors (Lipinski definition) is 0. The molecule has 0 amide bonds. The Morgan fingerprint density at radius 1 is 1.37 bits per heavy atom. The Hall–Kier alpha value is -2.06. The fourth-order valence-electron chi connectivity index (χ4n) is 1.59. The van der Waals surface area contributed by atoms with E-state index in [2.05, 4.69) is 18.0 Å². The first kappa shape index (κ1) is 13.4. The number of nitrogens with zero attached hydrogens (tertiary/aromatic N) is 2. The number of aromatic nitrogens is 1. The number of thiazole rings is 1. The zero-order chi connectivity index (χ0) is 13.7. The van der Waals surface area contributed by atoms with Gasteiger partial charge in [0.05, 0.1) is 19.9 Å². The molecule has 0 bridgehead atoms. The molecule has 0 saturated heterocycles. The van der Waals surface area contributed by atoms with Gasteiger partial charge in [0, 0.05) is 5.56 Å². The van der Waals surface area contributed by atoms with Crippen LogP contribution in [-0.2, 0) is 0 Å². The summed E-state index contributed by atoms with van der Waals surface area (Å²) >= 11 is 1.36. The van der Waals surface area contributed by atoms with Crippen LogP contribution in [0.15, 0.2) is 24.4 Å². The number of hydrogen-bond acceptors (Lipinski definition) is 5. The molecule has 2 rings (SSSR count). The molecule has 2 aromatic rings. The summed E-state index contributed by atoms with van der Waals surface area (Å²) in [6, 6.07) is 7.76. The van der Waals surface area contributed by atoms with E-state index < -0.39 is 0 Å². The van der Waals surface area contributed by atoms with Crippen molar-refractivity contribution in [2.75, 3.05) is 13.7 Å². The largest absolute Gasteiger partial charge is 0.493 e. The second-order valence-electron chi connectivity index (χ2n) is 3.86. The van der Waals surface area contributed by atoms with Crippen molar-refractivity contribution >= 4 is 11.3 Å². The van der Waals surface area contributed by atoms with E-state index in [4.69, 9.17) is 14.7 Å². The van der Waals surface area contributed by atoms with Crippen LogP contribution >= 0.6 is 11.3 Å². The molecule has 98 valence electrons. The average Bonchev–Trinajstić information content (AvgIpc) is 2.93. The van der Waals surface area contributed by atoms with Gasteiger partial charge in [-0.25, -0.2) is 4.98 Å². The molecule has 0 aliphatic heterocycles. The van der Waals surface area contributed by atoms with Gasteiger partial charge >= 0.3 is 0 Å². The zero-order valence-corrected chi connectivity index (χ0v) is 11.7. The molecule has 0 saturated carbocycles. The summed E-state index contributed by atoms with van der Waals surface area (Å²) in [4.78, 5) is 4.82. The van der Waals surface area contributed by atoms with E-state index in [1.54, 1.807) is 13.3 Å². The standard InChI is InChI=1S/C14H14N2O2S/c1-3-6-18-12-5-4-10(7-13(12)17-2)14-16-9-11(8-15)19-14/h4-5,7,9H,3,6H2,1-2H3. The van der Waals surface area contributed by atoms with E-state index in [0.29, 0.717) is 17.2 Å². The molecule has 0 spiro atoms. The Labute approximate surface area is 116 Å². The van der Waals surface area contributed by atoms with E-state index in [1.165, 1.54) is 11.3 Å². The lowest BCUT2D eigenvalue weighted by Gasteiger charge is -2.10. The molecule has 1 aromatic carbocycles. The summed E-state index contributed by atoms with van der Waals surface area (Å²) in [6.07, 6.45) is 2.52. The first-order valence-corrected chi connectivity index (χ1v) is 6.77. The predicted molar refractivity (Wildman–Crippen MR) is 74.6 cm³/mol. The van der Waals surface area contributed by atoms with Crippen LogP contribution in [0.25, 0.3) is 10.6 Å². The zero-order valence-electron chi connectivity index (χ0n) is 10.8. The number of ether oxygens (including phenoxy) is 2. The van der Waals surface area contributed by atoms with Gasteiger partial charge in [0.1, 0.15) is 16.0 Å². The summed E-state index contributed by atoms with van der Waals surface area (Å²) < 4.78 is 10.9. The predicted octanol–water partition coefficient (Wildman–Crippen LogP) is 3.48. The van der Waals surface area contributed by atoms with Crippen LogP contribution < -0.4 is 9.47 Å². The quantitative estimate of drug-likeness (QED) is 0.837. The molecule has 0 N–H and O–H groups in total. The summed E-state index contributed by atoms with van der Waals surface area (Å²) in [5.74, 6) is 1.41. The third-order valence-electron chi connectivity index (χ3n) is 2.49. The minimum Gasteiger partial charge on any atom is -0.493 e. The fraction of sp³-hybridized carbons (Fsp3) is 0.286. The van der Waals surface area contributed by atoms with E-state index in [9.17, 15) is 0 Å². The summed E-state index contributed by atoms with van der Waals surface area (Å²) in [6.45, 7) is 2.71. The summed E-state index contributed by atoms with van der Waals surface area (Å²) in [7, 11) is 1.61. The van der Waals surface area contributed by atoms with Gasteiger partial charge in [-0.2, -0.15) is 5.26 Å². The normalized spacial score (nSPS) is 9.95. The molecule has 0 unspecified atom stereocenters. The van der Waals surface area contributed by atoms with Gasteiger partial charge in [-0.1, -0.05) is 6.92 Å². The van der Waals surface area contributed by atoms with Gasteiger partial charge in [0.2, 0.25) is 0 Å². The minimum atomic E-state index is 0.597. The van der Waals surface area contributed by atoms with Crippen molar-refractivity contribution < 1.29 is 9.47 Å². The molecule has 0 aliphatic carbocycles. The van der Waals surface area contributed by atoms with Gasteiger partial charge < -0.3 is 9.47 Å². The second kappa shape index (κ2) is 6.21. The molecule has 0 radical (unpaired) electrons. The smallest absolute Gasteiger partial charge is 0.161 e. The number of methoxy groups -OCH3 is 1. The molecule has 0 atom stereocenters. The third kappa shape index (κ3) is 3.04. The van der Waals surface area contributed by atoms with Gasteiger partial charge in [-0.05, 0) is 24.6 Å². The van der Waals surface area contributed by atoms with Crippen molar-refractivity contribution in [3.8, 4) is 28.1 Å². The van der Waals surface area contributed by atoms with Crippen LogP contribution in [0.5, 0.6) is 11.5 Å². The molecular formula is C14H14N2O2S. The Kier molecular flexibility index (Phi) is 4.37. The molecule has 0 aliphatic rings. The SMILES string of the molecule is CCCOc1ccc(-c2ncc(C#N)s2)cc1OC. The van der Waals surface area contributed by atoms with Gasteiger partial charge in [0.15, 0.2) is 11.5 Å². The highest BCUT2D eigenvalue weighted by Gasteiger charge is 2.09. The number of benzene rings is 1. The van der Waals surface area contributed by atoms with Crippen molar-refractivity contribution in [2.24, 2.45) is 0 Å². The summed E-state index contributed by atoms with van der Waals surface area (Å²) in [5.41, 5.74) is 0.923. The van der Waals surface area contributed by atoms with Crippen molar-refractivity contribution in [3.63, 3.8) is 0 Å². The summed E-state index contributed by atoms with van der Waals surface area (Å²) in [5, 5.41) is 9.62. The van der Waals surface area contributed by atoms with Gasteiger partial charge in [-0.3, -0.25) is 0 Å². The lowest BCUT2D eigenvalue weighted by molar-refractivity contribution is 0.294. The van der Waals surface area contributed by atoms with Crippen LogP contribution in [0.2, 0.25) is 0 Å². The highest BCUT2D eigenvalue weighted by Crippen LogP contribution is 2.34. The second-order valence-corrected chi connectivity index (χ2v) is 4.89. The van der Waals surface area contributed by atoms with Gasteiger partial charge in [-0.15, -0.1) is 11.3 Å². The Morgan fingerprint density at radius 2 is 2.21 bits per heavy atom. The van der Waals surface area contributed by atoms with Gasteiger partial charge in [0.25, 0.3) is 0 Å².